The second-order valence-corrected chi connectivity index (χ2v) is 4.52. The molecule has 3 aromatic rings. The van der Waals surface area contributed by atoms with Crippen LogP contribution in [0.25, 0.3) is 22.5 Å². The number of benzene rings is 1. The van der Waals surface area contributed by atoms with E-state index in [1.165, 1.54) is 18.2 Å². The molecule has 0 aliphatic heterocycles. The van der Waals surface area contributed by atoms with Gasteiger partial charge in [-0.1, -0.05) is 22.8 Å². The second kappa shape index (κ2) is 4.94. The molecule has 0 saturated carbocycles. The molecule has 0 atom stereocenters. The average Bonchev–Trinajstić information content (AvgIpc) is 2.82. The molecule has 0 fully saturated rings. The van der Waals surface area contributed by atoms with Crippen molar-refractivity contribution in [2.24, 2.45) is 0 Å². The molecule has 20 heavy (non-hydrogen) atoms. The fraction of sp³-hybridized carbons (Fsp3) is 0. The molecule has 0 aliphatic carbocycles. The number of aromatic nitrogens is 2. The zero-order valence-electron chi connectivity index (χ0n) is 10.2. The summed E-state index contributed by atoms with van der Waals surface area (Å²) in [5, 5.41) is 4.14. The first-order valence-electron chi connectivity index (χ1n) is 5.79. The van der Waals surface area contributed by atoms with Crippen molar-refractivity contribution >= 4 is 17.5 Å². The van der Waals surface area contributed by atoms with Crippen LogP contribution >= 0.6 is 11.6 Å². The van der Waals surface area contributed by atoms with E-state index in [9.17, 15) is 4.39 Å². The van der Waals surface area contributed by atoms with Gasteiger partial charge in [-0.2, -0.15) is 0 Å². The molecular formula is C14H9ClFN3O. The van der Waals surface area contributed by atoms with Crippen molar-refractivity contribution in [1.82, 2.24) is 10.1 Å². The molecule has 0 amide bonds. The van der Waals surface area contributed by atoms with Gasteiger partial charge in [0.25, 0.3) is 0 Å². The summed E-state index contributed by atoms with van der Waals surface area (Å²) in [6.45, 7) is 0. The lowest BCUT2D eigenvalue weighted by Gasteiger charge is -2.04. The van der Waals surface area contributed by atoms with Crippen molar-refractivity contribution in [3.8, 4) is 22.5 Å². The van der Waals surface area contributed by atoms with E-state index in [1.54, 1.807) is 18.3 Å². The number of nitrogens with two attached hydrogens (primary N) is 1. The molecule has 0 bridgehead atoms. The number of anilines is 1. The highest BCUT2D eigenvalue weighted by Crippen LogP contribution is 2.39. The van der Waals surface area contributed by atoms with Crippen LogP contribution in [0.2, 0.25) is 5.02 Å². The van der Waals surface area contributed by atoms with Crippen LogP contribution in [0.15, 0.2) is 47.1 Å². The van der Waals surface area contributed by atoms with Crippen molar-refractivity contribution in [3.05, 3.63) is 53.4 Å². The molecule has 0 spiro atoms. The number of hydrogen-bond acceptors (Lipinski definition) is 4. The Bertz CT molecular complexity index is 758. The summed E-state index contributed by atoms with van der Waals surface area (Å²) in [5.41, 5.74) is 7.93. The highest BCUT2D eigenvalue weighted by molar-refractivity contribution is 6.33. The van der Waals surface area contributed by atoms with Crippen LogP contribution in [0.3, 0.4) is 0 Å². The van der Waals surface area contributed by atoms with E-state index in [4.69, 9.17) is 21.9 Å². The van der Waals surface area contributed by atoms with E-state index in [2.05, 4.69) is 10.1 Å². The summed E-state index contributed by atoms with van der Waals surface area (Å²) >= 11 is 6.07. The van der Waals surface area contributed by atoms with Gasteiger partial charge in [0.05, 0.1) is 16.3 Å². The lowest BCUT2D eigenvalue weighted by molar-refractivity contribution is 0.439. The van der Waals surface area contributed by atoms with Crippen molar-refractivity contribution < 1.29 is 8.91 Å². The Morgan fingerprint density at radius 3 is 2.75 bits per heavy atom. The molecular weight excluding hydrogens is 281 g/mol. The van der Waals surface area contributed by atoms with Gasteiger partial charge in [0.1, 0.15) is 11.5 Å². The molecule has 0 saturated heterocycles. The standard InChI is InChI=1S/C14H9ClFN3O/c15-10-7-8(16)4-5-9(10)12-13(19-20-14(12)17)11-3-1-2-6-18-11/h1-7H,17H2. The van der Waals surface area contributed by atoms with Crippen LogP contribution in [0.4, 0.5) is 10.3 Å². The summed E-state index contributed by atoms with van der Waals surface area (Å²) in [4.78, 5) is 4.20. The number of nitrogens with zero attached hydrogens (tertiary/aromatic N) is 2. The van der Waals surface area contributed by atoms with Gasteiger partial charge in [0.15, 0.2) is 0 Å². The normalized spacial score (nSPS) is 10.7. The van der Waals surface area contributed by atoms with Gasteiger partial charge in [0.2, 0.25) is 5.88 Å². The van der Waals surface area contributed by atoms with Gasteiger partial charge >= 0.3 is 0 Å². The van der Waals surface area contributed by atoms with E-state index >= 15 is 0 Å². The van der Waals surface area contributed by atoms with Crippen LogP contribution in [0, 0.1) is 5.82 Å². The third-order valence-corrected chi connectivity index (χ3v) is 3.14. The summed E-state index contributed by atoms with van der Waals surface area (Å²) in [7, 11) is 0. The van der Waals surface area contributed by atoms with Crippen molar-refractivity contribution in [1.29, 1.82) is 0 Å². The topological polar surface area (TPSA) is 64.9 Å². The van der Waals surface area contributed by atoms with Gasteiger partial charge < -0.3 is 10.3 Å². The van der Waals surface area contributed by atoms with E-state index in [0.29, 0.717) is 22.5 Å². The highest BCUT2D eigenvalue weighted by Gasteiger charge is 2.20. The van der Waals surface area contributed by atoms with E-state index < -0.39 is 5.82 Å². The van der Waals surface area contributed by atoms with Gasteiger partial charge in [-0.3, -0.25) is 4.98 Å². The minimum Gasteiger partial charge on any atom is -0.367 e. The fourth-order valence-electron chi connectivity index (χ4n) is 1.93. The largest absolute Gasteiger partial charge is 0.367 e. The molecule has 0 radical (unpaired) electrons. The Morgan fingerprint density at radius 1 is 1.20 bits per heavy atom. The monoisotopic (exact) mass is 289 g/mol. The minimum absolute atomic E-state index is 0.110. The molecule has 3 rings (SSSR count). The maximum Gasteiger partial charge on any atom is 0.230 e. The molecule has 2 N–H and O–H groups in total. The third kappa shape index (κ3) is 2.12. The van der Waals surface area contributed by atoms with E-state index in [1.807, 2.05) is 6.07 Å². The minimum atomic E-state index is -0.423. The summed E-state index contributed by atoms with van der Waals surface area (Å²) in [5.74, 6) is -0.313. The first kappa shape index (κ1) is 12.6. The Hall–Kier alpha value is -2.40. The van der Waals surface area contributed by atoms with Crippen LogP contribution < -0.4 is 5.73 Å². The summed E-state index contributed by atoms with van der Waals surface area (Å²) in [6.07, 6.45) is 1.64. The van der Waals surface area contributed by atoms with Gasteiger partial charge in [-0.05, 0) is 30.3 Å². The number of pyridine rings is 1. The Morgan fingerprint density at radius 2 is 2.05 bits per heavy atom. The number of nitrogen functional groups attached to an aromatic ring is 1. The summed E-state index contributed by atoms with van der Waals surface area (Å²) < 4.78 is 18.2. The Labute approximate surface area is 119 Å². The maximum absolute atomic E-state index is 13.1. The zero-order valence-corrected chi connectivity index (χ0v) is 10.9. The number of rotatable bonds is 2. The highest BCUT2D eigenvalue weighted by atomic mass is 35.5. The van der Waals surface area contributed by atoms with Gasteiger partial charge in [0, 0.05) is 11.8 Å². The quantitative estimate of drug-likeness (QED) is 0.780. The third-order valence-electron chi connectivity index (χ3n) is 2.83. The molecule has 100 valence electrons. The van der Waals surface area contributed by atoms with E-state index in [0.717, 1.165) is 0 Å². The maximum atomic E-state index is 13.1. The smallest absolute Gasteiger partial charge is 0.230 e. The van der Waals surface area contributed by atoms with Crippen LogP contribution in [0.1, 0.15) is 0 Å². The predicted octanol–water partition coefficient (Wildman–Crippen LogP) is 3.78. The molecule has 2 aromatic heterocycles. The molecule has 6 heteroatoms. The molecule has 0 aliphatic rings. The second-order valence-electron chi connectivity index (χ2n) is 4.11. The average molecular weight is 290 g/mol. The predicted molar refractivity (Wildman–Crippen MR) is 74.6 cm³/mol. The molecule has 1 aromatic carbocycles. The molecule has 0 unspecified atom stereocenters. The van der Waals surface area contributed by atoms with Crippen molar-refractivity contribution in [3.63, 3.8) is 0 Å². The lowest BCUT2D eigenvalue weighted by Crippen LogP contribution is -1.90. The van der Waals surface area contributed by atoms with Crippen molar-refractivity contribution in [2.45, 2.75) is 0 Å². The van der Waals surface area contributed by atoms with Gasteiger partial charge in [-0.25, -0.2) is 4.39 Å². The molecule has 4 nitrogen and oxygen atoms in total. The van der Waals surface area contributed by atoms with E-state index in [-0.39, 0.29) is 10.9 Å². The van der Waals surface area contributed by atoms with Crippen LogP contribution in [-0.2, 0) is 0 Å². The number of hydrogen-bond donors (Lipinski definition) is 1. The van der Waals surface area contributed by atoms with Gasteiger partial charge in [-0.15, -0.1) is 0 Å². The zero-order chi connectivity index (χ0) is 14.1. The first-order valence-corrected chi connectivity index (χ1v) is 6.16. The van der Waals surface area contributed by atoms with Crippen molar-refractivity contribution in [2.75, 3.05) is 5.73 Å². The summed E-state index contributed by atoms with van der Waals surface area (Å²) in [6, 6.07) is 9.44. The molecule has 2 heterocycles. The Kier molecular flexibility index (Phi) is 3.12. The van der Waals surface area contributed by atoms with Crippen LogP contribution in [0.5, 0.6) is 0 Å². The SMILES string of the molecule is Nc1onc(-c2ccccn2)c1-c1ccc(F)cc1Cl. The lowest BCUT2D eigenvalue weighted by atomic mass is 10.0. The fourth-order valence-corrected chi connectivity index (χ4v) is 2.19. The Balaban J connectivity index is 2.22. The van der Waals surface area contributed by atoms with Crippen LogP contribution in [-0.4, -0.2) is 10.1 Å². The number of halogens is 2. The first-order chi connectivity index (χ1) is 9.66.